The van der Waals surface area contributed by atoms with Gasteiger partial charge in [0.1, 0.15) is 6.04 Å². The van der Waals surface area contributed by atoms with Gasteiger partial charge in [-0.25, -0.2) is 17.5 Å². The third-order valence-corrected chi connectivity index (χ3v) is 5.31. The van der Waals surface area contributed by atoms with Gasteiger partial charge in [-0.2, -0.15) is 0 Å². The molecule has 0 saturated carbocycles. The molecule has 1 unspecified atom stereocenters. The molecule has 1 aromatic carbocycles. The molecule has 138 valence electrons. The summed E-state index contributed by atoms with van der Waals surface area (Å²) in [5.41, 5.74) is -0.00664. The van der Waals surface area contributed by atoms with Crippen LogP contribution < -0.4 is 5.32 Å². The number of carbonyl (C=O) groups is 2. The van der Waals surface area contributed by atoms with E-state index in [9.17, 15) is 23.1 Å². The number of sulfonamides is 1. The fourth-order valence-corrected chi connectivity index (χ4v) is 2.87. The average molecular weight is 368 g/mol. The van der Waals surface area contributed by atoms with Gasteiger partial charge in [0.2, 0.25) is 15.9 Å². The number of carboxylic acids is 1. The molecule has 0 bridgehead atoms. The van der Waals surface area contributed by atoms with E-state index in [0.717, 1.165) is 4.31 Å². The highest BCUT2D eigenvalue weighted by Crippen LogP contribution is 2.19. The summed E-state index contributed by atoms with van der Waals surface area (Å²) in [5, 5.41) is 11.6. The van der Waals surface area contributed by atoms with Gasteiger partial charge >= 0.3 is 5.97 Å². The zero-order valence-corrected chi connectivity index (χ0v) is 15.8. The third kappa shape index (κ3) is 5.68. The number of amides is 1. The van der Waals surface area contributed by atoms with Crippen molar-refractivity contribution in [3.05, 3.63) is 35.9 Å². The number of benzene rings is 1. The predicted octanol–water partition coefficient (Wildman–Crippen LogP) is 1.57. The van der Waals surface area contributed by atoms with Crippen LogP contribution in [0, 0.1) is 5.41 Å². The van der Waals surface area contributed by atoms with Gasteiger partial charge in [-0.1, -0.05) is 32.9 Å². The zero-order chi connectivity index (χ0) is 19.4. The fraction of sp³-hybridized carbons (Fsp3) is 0.412. The van der Waals surface area contributed by atoms with Gasteiger partial charge in [-0.05, 0) is 29.2 Å². The van der Waals surface area contributed by atoms with E-state index < -0.39 is 33.4 Å². The topological polar surface area (TPSA) is 104 Å². The lowest BCUT2D eigenvalue weighted by molar-refractivity contribution is -0.144. The Morgan fingerprint density at radius 1 is 1.16 bits per heavy atom. The Bertz CT molecular complexity index is 759. The number of nitrogens with zero attached hydrogens (tertiary/aromatic N) is 1. The molecule has 2 N–H and O–H groups in total. The largest absolute Gasteiger partial charge is 0.480 e. The minimum Gasteiger partial charge on any atom is -0.480 e. The van der Waals surface area contributed by atoms with E-state index in [1.165, 1.54) is 38.4 Å². The molecule has 0 spiro atoms. The van der Waals surface area contributed by atoms with Crippen LogP contribution in [-0.2, 0) is 19.6 Å². The number of hydrogen-bond acceptors (Lipinski definition) is 4. The Balaban J connectivity index is 2.85. The van der Waals surface area contributed by atoms with E-state index in [1.807, 2.05) is 0 Å². The molecule has 0 aliphatic carbocycles. The second-order valence-corrected chi connectivity index (χ2v) is 8.99. The van der Waals surface area contributed by atoms with E-state index in [-0.39, 0.29) is 4.90 Å². The van der Waals surface area contributed by atoms with Crippen LogP contribution in [0.5, 0.6) is 0 Å². The van der Waals surface area contributed by atoms with Crippen molar-refractivity contribution in [2.75, 3.05) is 14.1 Å². The molecule has 25 heavy (non-hydrogen) atoms. The Morgan fingerprint density at radius 2 is 1.68 bits per heavy atom. The van der Waals surface area contributed by atoms with Gasteiger partial charge in [0.05, 0.1) is 4.90 Å². The molecule has 1 rings (SSSR count). The van der Waals surface area contributed by atoms with Crippen LogP contribution in [0.3, 0.4) is 0 Å². The SMILES string of the molecule is CN(C)S(=O)(=O)c1ccc(C=CC(=O)NC(C(=O)O)C(C)(C)C)cc1. The van der Waals surface area contributed by atoms with Crippen molar-refractivity contribution >= 4 is 28.0 Å². The molecule has 0 radical (unpaired) electrons. The highest BCUT2D eigenvalue weighted by atomic mass is 32.2. The average Bonchev–Trinajstić information content (AvgIpc) is 2.49. The van der Waals surface area contributed by atoms with E-state index in [0.29, 0.717) is 5.56 Å². The molecule has 7 nitrogen and oxygen atoms in total. The van der Waals surface area contributed by atoms with Crippen LogP contribution in [0.4, 0.5) is 0 Å². The first-order valence-corrected chi connectivity index (χ1v) is 9.03. The fourth-order valence-electron chi connectivity index (χ4n) is 1.97. The van der Waals surface area contributed by atoms with Gasteiger partial charge in [-0.3, -0.25) is 4.79 Å². The van der Waals surface area contributed by atoms with E-state index in [1.54, 1.807) is 32.9 Å². The monoisotopic (exact) mass is 368 g/mol. The normalized spacial score (nSPS) is 13.8. The second kappa shape index (κ2) is 7.79. The Labute approximate surface area is 148 Å². The summed E-state index contributed by atoms with van der Waals surface area (Å²) < 4.78 is 25.1. The summed E-state index contributed by atoms with van der Waals surface area (Å²) in [5.74, 6) is -1.64. The number of nitrogens with one attached hydrogen (secondary N) is 1. The maximum absolute atomic E-state index is 12.0. The zero-order valence-electron chi connectivity index (χ0n) is 15.0. The van der Waals surface area contributed by atoms with Crippen LogP contribution >= 0.6 is 0 Å². The smallest absolute Gasteiger partial charge is 0.326 e. The van der Waals surface area contributed by atoms with Crippen molar-refractivity contribution in [2.45, 2.75) is 31.7 Å². The minimum atomic E-state index is -3.50. The van der Waals surface area contributed by atoms with E-state index >= 15 is 0 Å². The van der Waals surface area contributed by atoms with Crippen LogP contribution in [0.2, 0.25) is 0 Å². The maximum Gasteiger partial charge on any atom is 0.326 e. The molecule has 0 aliphatic rings. The van der Waals surface area contributed by atoms with Crippen molar-refractivity contribution in [1.29, 1.82) is 0 Å². The van der Waals surface area contributed by atoms with Crippen LogP contribution in [-0.4, -0.2) is 49.8 Å². The highest BCUT2D eigenvalue weighted by Gasteiger charge is 2.31. The first-order valence-electron chi connectivity index (χ1n) is 7.59. The van der Waals surface area contributed by atoms with Crippen molar-refractivity contribution in [3.8, 4) is 0 Å². The number of hydrogen-bond donors (Lipinski definition) is 2. The lowest BCUT2D eigenvalue weighted by atomic mass is 9.87. The molecule has 0 saturated heterocycles. The molecule has 0 fully saturated rings. The summed E-state index contributed by atoms with van der Waals surface area (Å²) in [7, 11) is -0.610. The quantitative estimate of drug-likeness (QED) is 0.742. The Morgan fingerprint density at radius 3 is 2.08 bits per heavy atom. The lowest BCUT2D eigenvalue weighted by Gasteiger charge is -2.27. The third-order valence-electron chi connectivity index (χ3n) is 3.49. The molecule has 8 heteroatoms. The Kier molecular flexibility index (Phi) is 6.50. The summed E-state index contributed by atoms with van der Waals surface area (Å²) >= 11 is 0. The number of rotatable bonds is 6. The number of aliphatic carboxylic acids is 1. The van der Waals surface area contributed by atoms with Crippen molar-refractivity contribution < 1.29 is 23.1 Å². The van der Waals surface area contributed by atoms with Crippen LogP contribution in [0.15, 0.2) is 35.2 Å². The minimum absolute atomic E-state index is 0.151. The Hall–Kier alpha value is -2.19. The van der Waals surface area contributed by atoms with E-state index in [4.69, 9.17) is 0 Å². The molecule has 1 atom stereocenters. The van der Waals surface area contributed by atoms with Gasteiger partial charge in [0.15, 0.2) is 0 Å². The predicted molar refractivity (Wildman–Crippen MR) is 95.4 cm³/mol. The molecule has 1 amide bonds. The number of carboxylic acid groups (broad SMARTS) is 1. The molecule has 1 aromatic rings. The lowest BCUT2D eigenvalue weighted by Crippen LogP contribution is -2.48. The van der Waals surface area contributed by atoms with Gasteiger partial charge < -0.3 is 10.4 Å². The van der Waals surface area contributed by atoms with Crippen molar-refractivity contribution in [3.63, 3.8) is 0 Å². The second-order valence-electron chi connectivity index (χ2n) is 6.84. The molecule has 0 aliphatic heterocycles. The summed E-state index contributed by atoms with van der Waals surface area (Å²) in [6.45, 7) is 5.17. The summed E-state index contributed by atoms with van der Waals surface area (Å²) in [6, 6.07) is 5.01. The van der Waals surface area contributed by atoms with Crippen molar-refractivity contribution in [2.24, 2.45) is 5.41 Å². The highest BCUT2D eigenvalue weighted by molar-refractivity contribution is 7.89. The van der Waals surface area contributed by atoms with Gasteiger partial charge in [-0.15, -0.1) is 0 Å². The summed E-state index contributed by atoms with van der Waals surface area (Å²) in [6.07, 6.45) is 2.71. The van der Waals surface area contributed by atoms with Gasteiger partial charge in [0, 0.05) is 20.2 Å². The van der Waals surface area contributed by atoms with Crippen LogP contribution in [0.25, 0.3) is 6.08 Å². The molecular weight excluding hydrogens is 344 g/mol. The summed E-state index contributed by atoms with van der Waals surface area (Å²) in [4.78, 5) is 23.3. The van der Waals surface area contributed by atoms with Crippen LogP contribution in [0.1, 0.15) is 26.3 Å². The number of carbonyl (C=O) groups excluding carboxylic acids is 1. The van der Waals surface area contributed by atoms with E-state index in [2.05, 4.69) is 5.32 Å². The molecule has 0 aromatic heterocycles. The maximum atomic E-state index is 12.0. The molecular formula is C17H24N2O5S. The standard InChI is InChI=1S/C17H24N2O5S/c1-17(2,3)15(16(21)22)18-14(20)11-8-12-6-9-13(10-7-12)25(23,24)19(4)5/h6-11,15H,1-5H3,(H,18,20)(H,21,22). The first kappa shape index (κ1) is 20.9. The van der Waals surface area contributed by atoms with Crippen molar-refractivity contribution in [1.82, 2.24) is 9.62 Å². The first-order chi connectivity index (χ1) is 11.4. The van der Waals surface area contributed by atoms with Gasteiger partial charge in [0.25, 0.3) is 0 Å². The molecule has 0 heterocycles.